The van der Waals surface area contributed by atoms with Gasteiger partial charge in [0, 0.05) is 18.8 Å². The van der Waals surface area contributed by atoms with E-state index in [0.717, 1.165) is 12.5 Å². The summed E-state index contributed by atoms with van der Waals surface area (Å²) >= 11 is 4.89. The molecule has 1 aromatic rings. The van der Waals surface area contributed by atoms with Crippen LogP contribution in [0, 0.1) is 0 Å². The lowest BCUT2D eigenvalue weighted by Gasteiger charge is -2.21. The number of hydrogen-bond donors (Lipinski definition) is 1. The molecule has 2 rings (SSSR count). The summed E-state index contributed by atoms with van der Waals surface area (Å²) in [6.07, 6.45) is 4.10. The second-order valence-electron chi connectivity index (χ2n) is 3.79. The fourth-order valence-corrected chi connectivity index (χ4v) is 1.97. The lowest BCUT2D eigenvalue weighted by molar-refractivity contribution is 0.716. The second kappa shape index (κ2) is 4.10. The number of nitrogens with zero attached hydrogens (tertiary/aromatic N) is 3. The largest absolute Gasteiger partial charge is 0.388 e. The van der Waals surface area contributed by atoms with E-state index >= 15 is 0 Å². The van der Waals surface area contributed by atoms with Gasteiger partial charge in [-0.1, -0.05) is 12.2 Å². The number of hydrogen-bond acceptors (Lipinski definition) is 4. The fraction of sp³-hybridized carbons (Fsp3) is 0.500. The van der Waals surface area contributed by atoms with E-state index in [4.69, 9.17) is 18.0 Å². The Bertz CT molecular complexity index is 379. The van der Waals surface area contributed by atoms with Gasteiger partial charge in [-0.05, 0) is 25.8 Å². The monoisotopic (exact) mass is 222 g/mol. The average Bonchev–Trinajstić information content (AvgIpc) is 2.64. The summed E-state index contributed by atoms with van der Waals surface area (Å²) in [5.74, 6) is 0.741. The van der Waals surface area contributed by atoms with Crippen LogP contribution in [0.5, 0.6) is 0 Å². The maximum absolute atomic E-state index is 5.54. The standard InChI is InChI=1S/C10H14N4S/c1-7-3-2-6-14(7)10-12-5-4-8(13-10)9(11)15/h4-5,7H,2-3,6H2,1H3,(H2,11,15). The fourth-order valence-electron chi connectivity index (χ4n) is 1.85. The summed E-state index contributed by atoms with van der Waals surface area (Å²) < 4.78 is 0. The van der Waals surface area contributed by atoms with Crippen LogP contribution < -0.4 is 10.6 Å². The Labute approximate surface area is 94.5 Å². The average molecular weight is 222 g/mol. The van der Waals surface area contributed by atoms with Gasteiger partial charge >= 0.3 is 0 Å². The first kappa shape index (κ1) is 10.3. The smallest absolute Gasteiger partial charge is 0.226 e. The summed E-state index contributed by atoms with van der Waals surface area (Å²) in [4.78, 5) is 11.1. The second-order valence-corrected chi connectivity index (χ2v) is 4.23. The number of aromatic nitrogens is 2. The Morgan fingerprint density at radius 2 is 2.47 bits per heavy atom. The van der Waals surface area contributed by atoms with Gasteiger partial charge in [-0.3, -0.25) is 0 Å². The highest BCUT2D eigenvalue weighted by Gasteiger charge is 2.22. The van der Waals surface area contributed by atoms with Gasteiger partial charge in [0.15, 0.2) is 0 Å². The van der Waals surface area contributed by atoms with E-state index in [1.54, 1.807) is 12.3 Å². The zero-order valence-corrected chi connectivity index (χ0v) is 9.50. The van der Waals surface area contributed by atoms with Crippen LogP contribution in [0.3, 0.4) is 0 Å². The molecule has 1 saturated heterocycles. The number of rotatable bonds is 2. The third kappa shape index (κ3) is 2.07. The van der Waals surface area contributed by atoms with Crippen LogP contribution in [-0.2, 0) is 0 Å². The maximum atomic E-state index is 5.54. The molecule has 15 heavy (non-hydrogen) atoms. The first-order valence-corrected chi connectivity index (χ1v) is 5.49. The van der Waals surface area contributed by atoms with Gasteiger partial charge in [0.05, 0.1) is 0 Å². The Balaban J connectivity index is 2.28. The van der Waals surface area contributed by atoms with Crippen molar-refractivity contribution in [2.24, 2.45) is 5.73 Å². The van der Waals surface area contributed by atoms with E-state index in [2.05, 4.69) is 21.8 Å². The van der Waals surface area contributed by atoms with Crippen molar-refractivity contribution in [1.29, 1.82) is 0 Å². The zero-order valence-electron chi connectivity index (χ0n) is 8.68. The molecule has 0 aromatic carbocycles. The quantitative estimate of drug-likeness (QED) is 0.759. The summed E-state index contributed by atoms with van der Waals surface area (Å²) in [5, 5.41) is 0. The van der Waals surface area contributed by atoms with Gasteiger partial charge < -0.3 is 10.6 Å². The molecule has 2 heterocycles. The van der Waals surface area contributed by atoms with Crippen LogP contribution in [0.15, 0.2) is 12.3 Å². The first-order chi connectivity index (χ1) is 7.18. The van der Waals surface area contributed by atoms with Crippen molar-refractivity contribution in [1.82, 2.24) is 9.97 Å². The Morgan fingerprint density at radius 3 is 3.07 bits per heavy atom. The molecule has 0 saturated carbocycles. The molecule has 2 N–H and O–H groups in total. The molecule has 0 amide bonds. The van der Waals surface area contributed by atoms with E-state index in [9.17, 15) is 0 Å². The topological polar surface area (TPSA) is 55.0 Å². The van der Waals surface area contributed by atoms with Crippen molar-refractivity contribution in [2.45, 2.75) is 25.8 Å². The summed E-state index contributed by atoms with van der Waals surface area (Å²) in [5.41, 5.74) is 6.19. The summed E-state index contributed by atoms with van der Waals surface area (Å²) in [6.45, 7) is 3.20. The van der Waals surface area contributed by atoms with Crippen molar-refractivity contribution >= 4 is 23.2 Å². The zero-order chi connectivity index (χ0) is 10.8. The van der Waals surface area contributed by atoms with Crippen molar-refractivity contribution in [3.05, 3.63) is 18.0 Å². The van der Waals surface area contributed by atoms with Crippen LogP contribution >= 0.6 is 12.2 Å². The molecule has 1 aromatic heterocycles. The molecule has 80 valence electrons. The van der Waals surface area contributed by atoms with E-state index in [0.29, 0.717) is 16.7 Å². The van der Waals surface area contributed by atoms with Gasteiger partial charge in [0.2, 0.25) is 5.95 Å². The van der Waals surface area contributed by atoms with Gasteiger partial charge in [0.1, 0.15) is 10.7 Å². The maximum Gasteiger partial charge on any atom is 0.226 e. The lowest BCUT2D eigenvalue weighted by Crippen LogP contribution is -2.29. The van der Waals surface area contributed by atoms with E-state index < -0.39 is 0 Å². The van der Waals surface area contributed by atoms with Gasteiger partial charge in [-0.2, -0.15) is 0 Å². The highest BCUT2D eigenvalue weighted by molar-refractivity contribution is 7.80. The van der Waals surface area contributed by atoms with Gasteiger partial charge in [0.25, 0.3) is 0 Å². The third-order valence-electron chi connectivity index (χ3n) is 2.71. The van der Waals surface area contributed by atoms with Crippen molar-refractivity contribution < 1.29 is 0 Å². The lowest BCUT2D eigenvalue weighted by atomic mass is 10.2. The van der Waals surface area contributed by atoms with Crippen LogP contribution in [0.2, 0.25) is 0 Å². The first-order valence-electron chi connectivity index (χ1n) is 5.08. The normalized spacial score (nSPS) is 20.6. The molecule has 0 aliphatic carbocycles. The molecular formula is C10H14N4S. The predicted octanol–water partition coefficient (Wildman–Crippen LogP) is 1.10. The minimum atomic E-state index is 0.325. The molecule has 1 aliphatic rings. The molecule has 0 bridgehead atoms. The molecule has 1 atom stereocenters. The van der Waals surface area contributed by atoms with E-state index in [1.807, 2.05) is 0 Å². The van der Waals surface area contributed by atoms with Crippen LogP contribution in [0.1, 0.15) is 25.5 Å². The van der Waals surface area contributed by atoms with Gasteiger partial charge in [-0.15, -0.1) is 0 Å². The van der Waals surface area contributed by atoms with Crippen molar-refractivity contribution in [3.63, 3.8) is 0 Å². The number of nitrogens with two attached hydrogens (primary N) is 1. The molecule has 1 fully saturated rings. The SMILES string of the molecule is CC1CCCN1c1nccc(C(N)=S)n1. The Morgan fingerprint density at radius 1 is 1.67 bits per heavy atom. The van der Waals surface area contributed by atoms with E-state index in [-0.39, 0.29) is 0 Å². The molecule has 5 heteroatoms. The Kier molecular flexibility index (Phi) is 2.81. The molecule has 1 unspecified atom stereocenters. The van der Waals surface area contributed by atoms with Gasteiger partial charge in [-0.25, -0.2) is 9.97 Å². The molecule has 1 aliphatic heterocycles. The Hall–Kier alpha value is -1.23. The minimum absolute atomic E-state index is 0.325. The van der Waals surface area contributed by atoms with Crippen LogP contribution in [0.4, 0.5) is 5.95 Å². The van der Waals surface area contributed by atoms with Crippen molar-refractivity contribution in [3.8, 4) is 0 Å². The number of thiocarbonyl (C=S) groups is 1. The molecule has 0 radical (unpaired) electrons. The highest BCUT2D eigenvalue weighted by atomic mass is 32.1. The van der Waals surface area contributed by atoms with Crippen LogP contribution in [0.25, 0.3) is 0 Å². The van der Waals surface area contributed by atoms with Crippen molar-refractivity contribution in [2.75, 3.05) is 11.4 Å². The molecule has 0 spiro atoms. The summed E-state index contributed by atoms with van der Waals surface area (Å²) in [6, 6.07) is 2.25. The highest BCUT2D eigenvalue weighted by Crippen LogP contribution is 2.21. The predicted molar refractivity (Wildman–Crippen MR) is 64.0 cm³/mol. The van der Waals surface area contributed by atoms with Crippen LogP contribution in [-0.4, -0.2) is 27.5 Å². The number of anilines is 1. The molecular weight excluding hydrogens is 208 g/mol. The van der Waals surface area contributed by atoms with E-state index in [1.165, 1.54) is 12.8 Å². The third-order valence-corrected chi connectivity index (χ3v) is 2.91. The summed E-state index contributed by atoms with van der Waals surface area (Å²) in [7, 11) is 0. The molecule has 4 nitrogen and oxygen atoms in total. The minimum Gasteiger partial charge on any atom is -0.388 e.